The lowest BCUT2D eigenvalue weighted by molar-refractivity contribution is -0.146. The van der Waals surface area contributed by atoms with Crippen molar-refractivity contribution in [3.8, 4) is 11.8 Å². The van der Waals surface area contributed by atoms with Crippen LogP contribution >= 0.6 is 11.3 Å². The molecule has 2 aromatic rings. The maximum Gasteiger partial charge on any atom is 0.307 e. The first-order chi connectivity index (χ1) is 13.1. The first-order valence-electron chi connectivity index (χ1n) is 9.22. The van der Waals surface area contributed by atoms with Gasteiger partial charge in [-0.1, -0.05) is 35.3 Å². The van der Waals surface area contributed by atoms with Crippen molar-refractivity contribution in [2.24, 2.45) is 29.6 Å². The highest BCUT2D eigenvalue weighted by Gasteiger charge is 2.51. The Balaban J connectivity index is 1.36. The number of rotatable bonds is 3. The topological polar surface area (TPSA) is 79.3 Å². The first kappa shape index (κ1) is 16.5. The van der Waals surface area contributed by atoms with E-state index in [0.29, 0.717) is 11.0 Å². The van der Waals surface area contributed by atoms with E-state index in [1.165, 1.54) is 24.2 Å². The maximum atomic E-state index is 12.8. The summed E-state index contributed by atoms with van der Waals surface area (Å²) in [5, 5.41) is 12.9. The van der Waals surface area contributed by atoms with Crippen molar-refractivity contribution in [3.05, 3.63) is 35.9 Å². The third-order valence-electron chi connectivity index (χ3n) is 5.66. The van der Waals surface area contributed by atoms with Gasteiger partial charge in [-0.25, -0.2) is 4.98 Å². The standard InChI is InChI=1S/C21H18N2O3S/c24-19(17-13-6-7-14(10-13)18(17)20(25)26)23-21-22-15-8-5-12(9-16(15)27-21)4-3-11-1-2-11/h5-9,11,13-14,17-18H,1-2,10H2,(H,25,26)(H,22,23,24). The number of nitrogens with zero attached hydrogens (tertiary/aromatic N) is 1. The Labute approximate surface area is 160 Å². The molecule has 1 aromatic carbocycles. The van der Waals surface area contributed by atoms with Crippen molar-refractivity contribution in [3.63, 3.8) is 0 Å². The second-order valence-corrected chi connectivity index (χ2v) is 8.60. The summed E-state index contributed by atoms with van der Waals surface area (Å²) in [6.07, 6.45) is 7.06. The second kappa shape index (κ2) is 6.21. The van der Waals surface area contributed by atoms with Crippen LogP contribution in [-0.2, 0) is 9.59 Å². The Morgan fingerprint density at radius 3 is 2.70 bits per heavy atom. The van der Waals surface area contributed by atoms with Crippen molar-refractivity contribution < 1.29 is 14.7 Å². The number of amides is 1. The molecule has 27 heavy (non-hydrogen) atoms. The number of carboxylic acid groups (broad SMARTS) is 1. The van der Waals surface area contributed by atoms with Crippen LogP contribution in [0.25, 0.3) is 10.2 Å². The molecule has 1 aromatic heterocycles. The lowest BCUT2D eigenvalue weighted by atomic mass is 9.82. The summed E-state index contributed by atoms with van der Waals surface area (Å²) in [5.74, 6) is 4.67. The Morgan fingerprint density at radius 2 is 1.96 bits per heavy atom. The van der Waals surface area contributed by atoms with E-state index in [1.807, 2.05) is 30.4 Å². The molecular weight excluding hydrogens is 360 g/mol. The quantitative estimate of drug-likeness (QED) is 0.633. The molecule has 0 saturated heterocycles. The van der Waals surface area contributed by atoms with Crippen molar-refractivity contribution in [2.75, 3.05) is 5.32 Å². The zero-order valence-corrected chi connectivity index (χ0v) is 15.3. The molecule has 1 amide bonds. The highest BCUT2D eigenvalue weighted by atomic mass is 32.1. The summed E-state index contributed by atoms with van der Waals surface area (Å²) >= 11 is 1.40. The average Bonchev–Trinajstić information content (AvgIpc) is 3.06. The SMILES string of the molecule is O=C(O)C1C2C=CC(C2)C1C(=O)Nc1nc2ccc(C#CC3CC3)cc2s1. The molecule has 2 N–H and O–H groups in total. The predicted molar refractivity (Wildman–Crippen MR) is 103 cm³/mol. The minimum Gasteiger partial charge on any atom is -0.481 e. The van der Waals surface area contributed by atoms with Gasteiger partial charge in [-0.05, 0) is 49.3 Å². The van der Waals surface area contributed by atoms with Gasteiger partial charge < -0.3 is 10.4 Å². The normalized spacial score (nSPS) is 28.1. The lowest BCUT2D eigenvalue weighted by Gasteiger charge is -2.23. The van der Waals surface area contributed by atoms with Gasteiger partial charge in [-0.3, -0.25) is 9.59 Å². The van der Waals surface area contributed by atoms with E-state index in [-0.39, 0.29) is 17.7 Å². The average molecular weight is 378 g/mol. The molecule has 3 aliphatic carbocycles. The van der Waals surface area contributed by atoms with Crippen molar-refractivity contribution in [2.45, 2.75) is 19.3 Å². The molecule has 2 fully saturated rings. The molecule has 5 nitrogen and oxygen atoms in total. The number of hydrogen-bond donors (Lipinski definition) is 2. The second-order valence-electron chi connectivity index (χ2n) is 7.57. The summed E-state index contributed by atoms with van der Waals surface area (Å²) < 4.78 is 0.968. The summed E-state index contributed by atoms with van der Waals surface area (Å²) in [7, 11) is 0. The number of nitrogens with one attached hydrogen (secondary N) is 1. The number of carboxylic acids is 1. The van der Waals surface area contributed by atoms with Crippen LogP contribution in [0.4, 0.5) is 5.13 Å². The smallest absolute Gasteiger partial charge is 0.307 e. The Hall–Kier alpha value is -2.65. The minimum absolute atomic E-state index is 0.00905. The molecule has 3 aliphatic rings. The van der Waals surface area contributed by atoms with E-state index in [2.05, 4.69) is 22.1 Å². The monoisotopic (exact) mass is 378 g/mol. The Kier molecular flexibility index (Phi) is 3.80. The van der Waals surface area contributed by atoms with Gasteiger partial charge in [0.05, 0.1) is 22.1 Å². The van der Waals surface area contributed by atoms with Gasteiger partial charge in [0.15, 0.2) is 5.13 Å². The van der Waals surface area contributed by atoms with Crippen LogP contribution in [0, 0.1) is 41.4 Å². The zero-order valence-electron chi connectivity index (χ0n) is 14.5. The Bertz CT molecular complexity index is 1040. The maximum absolute atomic E-state index is 12.8. The molecule has 2 saturated carbocycles. The number of carbonyl (C=O) groups is 2. The molecule has 0 radical (unpaired) electrons. The van der Waals surface area contributed by atoms with Crippen LogP contribution in [0.2, 0.25) is 0 Å². The van der Waals surface area contributed by atoms with Gasteiger partial charge in [-0.2, -0.15) is 0 Å². The Morgan fingerprint density at radius 1 is 1.19 bits per heavy atom. The van der Waals surface area contributed by atoms with Gasteiger partial charge in [0.2, 0.25) is 5.91 Å². The molecular formula is C21H18N2O3S. The lowest BCUT2D eigenvalue weighted by Crippen LogP contribution is -2.36. The number of carbonyl (C=O) groups excluding carboxylic acids is 1. The number of allylic oxidation sites excluding steroid dienone is 2. The summed E-state index contributed by atoms with van der Waals surface area (Å²) in [5.41, 5.74) is 1.77. The number of fused-ring (bicyclic) bond motifs is 3. The van der Waals surface area contributed by atoms with Crippen LogP contribution in [0.1, 0.15) is 24.8 Å². The summed E-state index contributed by atoms with van der Waals surface area (Å²) in [6.45, 7) is 0. The van der Waals surface area contributed by atoms with Gasteiger partial charge >= 0.3 is 5.97 Å². The van der Waals surface area contributed by atoms with Crippen LogP contribution < -0.4 is 5.32 Å². The van der Waals surface area contributed by atoms with Crippen LogP contribution in [0.5, 0.6) is 0 Å². The number of hydrogen-bond acceptors (Lipinski definition) is 4. The van der Waals surface area contributed by atoms with E-state index in [1.54, 1.807) is 0 Å². The third-order valence-corrected chi connectivity index (χ3v) is 6.60. The molecule has 2 bridgehead atoms. The van der Waals surface area contributed by atoms with E-state index < -0.39 is 17.8 Å². The van der Waals surface area contributed by atoms with Gasteiger partial charge in [-0.15, -0.1) is 0 Å². The molecule has 6 heteroatoms. The number of thiazole rings is 1. The number of anilines is 1. The minimum atomic E-state index is -0.893. The first-order valence-corrected chi connectivity index (χ1v) is 10.0. The molecule has 0 spiro atoms. The fourth-order valence-electron chi connectivity index (χ4n) is 4.17. The number of aliphatic carboxylic acids is 1. The highest BCUT2D eigenvalue weighted by molar-refractivity contribution is 7.22. The number of benzene rings is 1. The zero-order chi connectivity index (χ0) is 18.5. The summed E-state index contributed by atoms with van der Waals surface area (Å²) in [6, 6.07) is 5.86. The molecule has 4 unspecified atom stereocenters. The molecule has 5 rings (SSSR count). The van der Waals surface area contributed by atoms with Gasteiger partial charge in [0, 0.05) is 11.5 Å². The van der Waals surface area contributed by atoms with E-state index in [4.69, 9.17) is 0 Å². The third kappa shape index (κ3) is 3.02. The molecule has 136 valence electrons. The van der Waals surface area contributed by atoms with Crippen molar-refractivity contribution in [1.82, 2.24) is 4.98 Å². The number of aromatic nitrogens is 1. The summed E-state index contributed by atoms with van der Waals surface area (Å²) in [4.78, 5) is 28.9. The molecule has 0 aliphatic heterocycles. The molecule has 4 atom stereocenters. The fourth-order valence-corrected chi connectivity index (χ4v) is 5.08. The van der Waals surface area contributed by atoms with Gasteiger partial charge in [0.25, 0.3) is 0 Å². The van der Waals surface area contributed by atoms with Crippen LogP contribution in [-0.4, -0.2) is 22.0 Å². The van der Waals surface area contributed by atoms with Crippen LogP contribution in [0.15, 0.2) is 30.4 Å². The van der Waals surface area contributed by atoms with Crippen LogP contribution in [0.3, 0.4) is 0 Å². The predicted octanol–water partition coefficient (Wildman–Crippen LogP) is 3.52. The fraction of sp³-hybridized carbons (Fsp3) is 0.381. The molecule has 1 heterocycles. The van der Waals surface area contributed by atoms with Gasteiger partial charge in [0.1, 0.15) is 0 Å². The van der Waals surface area contributed by atoms with E-state index in [0.717, 1.165) is 22.2 Å². The highest BCUT2D eigenvalue weighted by Crippen LogP contribution is 2.48. The van der Waals surface area contributed by atoms with Crippen molar-refractivity contribution >= 4 is 38.6 Å². The van der Waals surface area contributed by atoms with E-state index >= 15 is 0 Å². The van der Waals surface area contributed by atoms with Crippen molar-refractivity contribution in [1.29, 1.82) is 0 Å². The van der Waals surface area contributed by atoms with E-state index in [9.17, 15) is 14.7 Å². The largest absolute Gasteiger partial charge is 0.481 e.